The second-order valence-corrected chi connectivity index (χ2v) is 4.26. The van der Waals surface area contributed by atoms with E-state index in [1.807, 2.05) is 6.82 Å². The summed E-state index contributed by atoms with van der Waals surface area (Å²) < 4.78 is 11.3. The topological polar surface area (TPSA) is 18.5 Å². The Labute approximate surface area is 75.8 Å². The second-order valence-electron chi connectivity index (χ2n) is 4.26. The molecule has 3 heteroatoms. The molecule has 1 saturated heterocycles. The van der Waals surface area contributed by atoms with Gasteiger partial charge in [0.05, 0.1) is 12.2 Å². The van der Waals surface area contributed by atoms with Gasteiger partial charge in [0.2, 0.25) is 0 Å². The lowest BCUT2D eigenvalue weighted by Gasteiger charge is -2.24. The molecule has 0 aliphatic carbocycles. The molecule has 0 N–H and O–H groups in total. The maximum Gasteiger partial charge on any atom is 0.454 e. The molecule has 70 valence electrons. The molecule has 0 amide bonds. The summed E-state index contributed by atoms with van der Waals surface area (Å²) in [4.78, 5) is 0. The summed E-state index contributed by atoms with van der Waals surface area (Å²) in [6.45, 7) is 10.7. The molecule has 0 saturated carbocycles. The van der Waals surface area contributed by atoms with Gasteiger partial charge in [-0.15, -0.1) is 0 Å². The Balaban J connectivity index is 2.59. The van der Waals surface area contributed by atoms with Crippen LogP contribution in [0.5, 0.6) is 0 Å². The van der Waals surface area contributed by atoms with Crippen molar-refractivity contribution in [3.63, 3.8) is 0 Å². The van der Waals surface area contributed by atoms with E-state index in [4.69, 9.17) is 9.31 Å². The first-order chi connectivity index (χ1) is 5.52. The molecule has 1 fully saturated rings. The molecule has 1 aliphatic heterocycles. The highest BCUT2D eigenvalue weighted by Crippen LogP contribution is 2.27. The molecule has 2 unspecified atom stereocenters. The first kappa shape index (κ1) is 10.1. The largest absolute Gasteiger partial charge is 0.454 e. The normalized spacial score (nSPS) is 30.8. The fourth-order valence-corrected chi connectivity index (χ4v) is 1.70. The first-order valence-corrected chi connectivity index (χ1v) is 4.83. The zero-order valence-electron chi connectivity index (χ0n) is 8.70. The van der Waals surface area contributed by atoms with E-state index in [-0.39, 0.29) is 19.3 Å². The van der Waals surface area contributed by atoms with E-state index in [1.54, 1.807) is 0 Å². The van der Waals surface area contributed by atoms with Crippen molar-refractivity contribution in [3.05, 3.63) is 0 Å². The van der Waals surface area contributed by atoms with Gasteiger partial charge < -0.3 is 9.31 Å². The summed E-state index contributed by atoms with van der Waals surface area (Å²) in [5.41, 5.74) is 0. The molecule has 2 atom stereocenters. The maximum atomic E-state index is 5.67. The maximum absolute atomic E-state index is 5.67. The first-order valence-electron chi connectivity index (χ1n) is 4.83. The fourth-order valence-electron chi connectivity index (χ4n) is 1.70. The zero-order valence-corrected chi connectivity index (χ0v) is 8.70. The van der Waals surface area contributed by atoms with E-state index in [9.17, 15) is 0 Å². The SMILES string of the molecule is CB1OC(C(C)C)C(C(C)C)O1. The van der Waals surface area contributed by atoms with Crippen LogP contribution in [0.3, 0.4) is 0 Å². The minimum Gasteiger partial charge on any atom is -0.406 e. The highest BCUT2D eigenvalue weighted by molar-refractivity contribution is 6.43. The lowest BCUT2D eigenvalue weighted by atomic mass is 9.94. The van der Waals surface area contributed by atoms with Gasteiger partial charge in [-0.1, -0.05) is 27.7 Å². The summed E-state index contributed by atoms with van der Waals surface area (Å²) in [6, 6.07) is 0. The van der Waals surface area contributed by atoms with Gasteiger partial charge in [0.15, 0.2) is 0 Å². The zero-order chi connectivity index (χ0) is 9.30. The molecule has 12 heavy (non-hydrogen) atoms. The van der Waals surface area contributed by atoms with Gasteiger partial charge in [-0.05, 0) is 18.7 Å². The summed E-state index contributed by atoms with van der Waals surface area (Å²) in [7, 11) is -0.0233. The third-order valence-electron chi connectivity index (χ3n) is 2.34. The smallest absolute Gasteiger partial charge is 0.406 e. The Hall–Kier alpha value is -0.0151. The van der Waals surface area contributed by atoms with Crippen molar-refractivity contribution in [2.24, 2.45) is 11.8 Å². The van der Waals surface area contributed by atoms with Crippen LogP contribution in [0.25, 0.3) is 0 Å². The standard InChI is InChI=1S/C9H19BO2/c1-6(2)8-9(7(3)4)12-10(5)11-8/h6-9H,1-5H3. The monoisotopic (exact) mass is 170 g/mol. The molecular weight excluding hydrogens is 151 g/mol. The Kier molecular flexibility index (Phi) is 3.19. The van der Waals surface area contributed by atoms with E-state index < -0.39 is 0 Å². The second kappa shape index (κ2) is 3.80. The van der Waals surface area contributed by atoms with Crippen LogP contribution in [0.2, 0.25) is 6.82 Å². The lowest BCUT2D eigenvalue weighted by Crippen LogP contribution is -2.31. The van der Waals surface area contributed by atoms with Crippen LogP contribution in [-0.4, -0.2) is 19.3 Å². The third kappa shape index (κ3) is 2.02. The Morgan fingerprint density at radius 2 is 1.25 bits per heavy atom. The Morgan fingerprint density at radius 1 is 0.917 bits per heavy atom. The molecule has 1 rings (SSSR count). The van der Waals surface area contributed by atoms with Crippen LogP contribution >= 0.6 is 0 Å². The van der Waals surface area contributed by atoms with Crippen molar-refractivity contribution in [2.75, 3.05) is 0 Å². The number of hydrogen-bond donors (Lipinski definition) is 0. The molecule has 0 aromatic carbocycles. The molecule has 0 aromatic heterocycles. The molecule has 2 nitrogen and oxygen atoms in total. The third-order valence-corrected chi connectivity index (χ3v) is 2.34. The van der Waals surface area contributed by atoms with Crippen molar-refractivity contribution < 1.29 is 9.31 Å². The Morgan fingerprint density at radius 3 is 1.50 bits per heavy atom. The van der Waals surface area contributed by atoms with Crippen molar-refractivity contribution in [1.29, 1.82) is 0 Å². The van der Waals surface area contributed by atoms with Crippen LogP contribution in [0.15, 0.2) is 0 Å². The van der Waals surface area contributed by atoms with Gasteiger partial charge in [0, 0.05) is 0 Å². The van der Waals surface area contributed by atoms with Crippen molar-refractivity contribution >= 4 is 7.12 Å². The molecular formula is C9H19BO2. The van der Waals surface area contributed by atoms with Gasteiger partial charge in [-0.2, -0.15) is 0 Å². The van der Waals surface area contributed by atoms with Crippen LogP contribution < -0.4 is 0 Å². The summed E-state index contributed by atoms with van der Waals surface area (Å²) >= 11 is 0. The summed E-state index contributed by atoms with van der Waals surface area (Å²) in [6.07, 6.45) is 0.556. The Bertz CT molecular complexity index is 131. The van der Waals surface area contributed by atoms with Crippen LogP contribution in [0.4, 0.5) is 0 Å². The van der Waals surface area contributed by atoms with E-state index in [1.165, 1.54) is 0 Å². The molecule has 1 aliphatic rings. The molecule has 0 spiro atoms. The van der Waals surface area contributed by atoms with Gasteiger partial charge in [0.1, 0.15) is 0 Å². The van der Waals surface area contributed by atoms with E-state index >= 15 is 0 Å². The van der Waals surface area contributed by atoms with Gasteiger partial charge in [-0.3, -0.25) is 0 Å². The van der Waals surface area contributed by atoms with E-state index in [0.717, 1.165) is 0 Å². The van der Waals surface area contributed by atoms with Crippen molar-refractivity contribution in [1.82, 2.24) is 0 Å². The van der Waals surface area contributed by atoms with Crippen LogP contribution in [0.1, 0.15) is 27.7 Å². The van der Waals surface area contributed by atoms with E-state index in [0.29, 0.717) is 11.8 Å². The van der Waals surface area contributed by atoms with Gasteiger partial charge >= 0.3 is 7.12 Å². The van der Waals surface area contributed by atoms with Crippen LogP contribution in [-0.2, 0) is 9.31 Å². The lowest BCUT2D eigenvalue weighted by molar-refractivity contribution is 0.0815. The van der Waals surface area contributed by atoms with Crippen molar-refractivity contribution in [2.45, 2.75) is 46.7 Å². The fraction of sp³-hybridized carbons (Fsp3) is 1.00. The highest BCUT2D eigenvalue weighted by atomic mass is 16.7. The van der Waals surface area contributed by atoms with Crippen LogP contribution in [0, 0.1) is 11.8 Å². The molecule has 1 heterocycles. The van der Waals surface area contributed by atoms with Gasteiger partial charge in [0.25, 0.3) is 0 Å². The highest BCUT2D eigenvalue weighted by Gasteiger charge is 2.39. The van der Waals surface area contributed by atoms with E-state index in [2.05, 4.69) is 27.7 Å². The molecule has 0 aromatic rings. The summed E-state index contributed by atoms with van der Waals surface area (Å²) in [5, 5.41) is 0. The number of hydrogen-bond acceptors (Lipinski definition) is 2. The predicted molar refractivity (Wildman–Crippen MR) is 51.0 cm³/mol. The number of rotatable bonds is 2. The quantitative estimate of drug-likeness (QED) is 0.591. The predicted octanol–water partition coefficient (Wildman–Crippen LogP) is 2.20. The molecule has 0 bridgehead atoms. The van der Waals surface area contributed by atoms with Crippen molar-refractivity contribution in [3.8, 4) is 0 Å². The minimum atomic E-state index is -0.0233. The minimum absolute atomic E-state index is 0.0233. The average Bonchev–Trinajstić information content (AvgIpc) is 2.31. The van der Waals surface area contributed by atoms with Gasteiger partial charge in [-0.25, -0.2) is 0 Å². The summed E-state index contributed by atoms with van der Waals surface area (Å²) in [5.74, 6) is 1.09. The average molecular weight is 170 g/mol. The molecule has 0 radical (unpaired) electrons.